The Bertz CT molecular complexity index is 353. The number of benzene rings is 1. The molecule has 0 unspecified atom stereocenters. The zero-order chi connectivity index (χ0) is 11.4. The average molecular weight is 218 g/mol. The van der Waals surface area contributed by atoms with Crippen LogP contribution in [0.2, 0.25) is 0 Å². The quantitative estimate of drug-likeness (QED) is 0.804. The summed E-state index contributed by atoms with van der Waals surface area (Å²) in [5.74, 6) is 0.0383. The van der Waals surface area contributed by atoms with E-state index in [4.69, 9.17) is 0 Å². The molecule has 3 heteroatoms. The fraction of sp³-hybridized carbons (Fsp3) is 0.462. The molecule has 0 saturated carbocycles. The molecule has 1 amide bonds. The summed E-state index contributed by atoms with van der Waals surface area (Å²) in [6, 6.07) is 8.12. The predicted molar refractivity (Wildman–Crippen MR) is 64.6 cm³/mol. The first-order valence-corrected chi connectivity index (χ1v) is 5.90. The molecule has 0 radical (unpaired) electrons. The van der Waals surface area contributed by atoms with E-state index < -0.39 is 0 Å². The molecule has 1 fully saturated rings. The molecule has 0 aromatic heterocycles. The maximum absolute atomic E-state index is 11.9. The van der Waals surface area contributed by atoms with Crippen molar-refractivity contribution in [2.75, 3.05) is 13.1 Å². The fourth-order valence-corrected chi connectivity index (χ4v) is 1.94. The van der Waals surface area contributed by atoms with Gasteiger partial charge in [-0.3, -0.25) is 4.79 Å². The summed E-state index contributed by atoms with van der Waals surface area (Å²) in [5, 5.41) is 6.26. The number of carbonyl (C=O) groups is 1. The third-order valence-electron chi connectivity index (χ3n) is 3.02. The Labute approximate surface area is 96.2 Å². The van der Waals surface area contributed by atoms with E-state index >= 15 is 0 Å². The zero-order valence-electron chi connectivity index (χ0n) is 9.62. The van der Waals surface area contributed by atoms with Crippen molar-refractivity contribution < 1.29 is 4.79 Å². The van der Waals surface area contributed by atoms with Crippen molar-refractivity contribution in [3.63, 3.8) is 0 Å². The van der Waals surface area contributed by atoms with Crippen LogP contribution < -0.4 is 10.6 Å². The van der Waals surface area contributed by atoms with Crippen LogP contribution >= 0.6 is 0 Å². The third kappa shape index (κ3) is 2.61. The van der Waals surface area contributed by atoms with Crippen LogP contribution in [0.4, 0.5) is 0 Å². The van der Waals surface area contributed by atoms with Crippen molar-refractivity contribution in [2.24, 2.45) is 0 Å². The average Bonchev–Trinajstić information content (AvgIpc) is 2.82. The molecule has 1 atom stereocenters. The van der Waals surface area contributed by atoms with Gasteiger partial charge in [0.1, 0.15) is 0 Å². The van der Waals surface area contributed by atoms with Crippen molar-refractivity contribution >= 4 is 5.91 Å². The van der Waals surface area contributed by atoms with E-state index in [1.54, 1.807) is 0 Å². The highest BCUT2D eigenvalue weighted by Gasteiger charge is 2.17. The highest BCUT2D eigenvalue weighted by Crippen LogP contribution is 2.06. The Morgan fingerprint density at radius 1 is 1.44 bits per heavy atom. The van der Waals surface area contributed by atoms with E-state index in [0.29, 0.717) is 6.04 Å². The maximum atomic E-state index is 11.9. The molecular formula is C13H18N2O. The van der Waals surface area contributed by atoms with Gasteiger partial charge in [-0.25, -0.2) is 0 Å². The molecule has 0 aliphatic carbocycles. The lowest BCUT2D eigenvalue weighted by Gasteiger charge is -2.11. The van der Waals surface area contributed by atoms with Crippen LogP contribution in [0.15, 0.2) is 24.3 Å². The van der Waals surface area contributed by atoms with Crippen LogP contribution in [0, 0.1) is 0 Å². The standard InChI is InChI=1S/C13H18N2O/c1-2-10-3-5-11(6-4-10)13(16)15-12-7-8-14-9-12/h3-6,12,14H,2,7-9H2,1H3,(H,15,16)/t12-/m1/s1. The van der Waals surface area contributed by atoms with E-state index in [0.717, 1.165) is 31.5 Å². The molecular weight excluding hydrogens is 200 g/mol. The van der Waals surface area contributed by atoms with Gasteiger partial charge in [0, 0.05) is 18.2 Å². The zero-order valence-corrected chi connectivity index (χ0v) is 9.62. The minimum Gasteiger partial charge on any atom is -0.348 e. The fourth-order valence-electron chi connectivity index (χ4n) is 1.94. The number of hydrogen-bond acceptors (Lipinski definition) is 2. The SMILES string of the molecule is CCc1ccc(C(=O)N[C@@H]2CCNC2)cc1. The summed E-state index contributed by atoms with van der Waals surface area (Å²) in [6.07, 6.45) is 2.03. The van der Waals surface area contributed by atoms with Crippen LogP contribution in [0.25, 0.3) is 0 Å². The molecule has 16 heavy (non-hydrogen) atoms. The number of aryl methyl sites for hydroxylation is 1. The summed E-state index contributed by atoms with van der Waals surface area (Å²) >= 11 is 0. The van der Waals surface area contributed by atoms with Gasteiger partial charge in [0.25, 0.3) is 5.91 Å². The molecule has 0 spiro atoms. The van der Waals surface area contributed by atoms with E-state index in [1.165, 1.54) is 5.56 Å². The van der Waals surface area contributed by atoms with Crippen molar-refractivity contribution in [1.82, 2.24) is 10.6 Å². The van der Waals surface area contributed by atoms with Crippen molar-refractivity contribution in [2.45, 2.75) is 25.8 Å². The Morgan fingerprint density at radius 3 is 2.75 bits per heavy atom. The van der Waals surface area contributed by atoms with Gasteiger partial charge in [-0.1, -0.05) is 19.1 Å². The Kier molecular flexibility index (Phi) is 3.57. The van der Waals surface area contributed by atoms with Crippen molar-refractivity contribution in [3.05, 3.63) is 35.4 Å². The summed E-state index contributed by atoms with van der Waals surface area (Å²) < 4.78 is 0. The Balaban J connectivity index is 1.97. The van der Waals surface area contributed by atoms with E-state index in [2.05, 4.69) is 17.6 Å². The van der Waals surface area contributed by atoms with Gasteiger partial charge in [-0.15, -0.1) is 0 Å². The first kappa shape index (κ1) is 11.1. The van der Waals surface area contributed by atoms with Gasteiger partial charge in [0.15, 0.2) is 0 Å². The monoisotopic (exact) mass is 218 g/mol. The normalized spacial score (nSPS) is 19.7. The lowest BCUT2D eigenvalue weighted by Crippen LogP contribution is -2.36. The molecule has 2 rings (SSSR count). The second-order valence-corrected chi connectivity index (χ2v) is 4.21. The molecule has 1 aromatic rings. The van der Waals surface area contributed by atoms with Crippen molar-refractivity contribution in [1.29, 1.82) is 0 Å². The third-order valence-corrected chi connectivity index (χ3v) is 3.02. The minimum absolute atomic E-state index is 0.0383. The van der Waals surface area contributed by atoms with Gasteiger partial charge in [-0.05, 0) is 37.1 Å². The Morgan fingerprint density at radius 2 is 2.19 bits per heavy atom. The lowest BCUT2D eigenvalue weighted by atomic mass is 10.1. The Hall–Kier alpha value is -1.35. The predicted octanol–water partition coefficient (Wildman–Crippen LogP) is 1.34. The smallest absolute Gasteiger partial charge is 0.251 e. The molecule has 2 N–H and O–H groups in total. The molecule has 1 aliphatic rings. The van der Waals surface area contributed by atoms with Gasteiger partial charge >= 0.3 is 0 Å². The number of rotatable bonds is 3. The molecule has 1 aromatic carbocycles. The second-order valence-electron chi connectivity index (χ2n) is 4.21. The minimum atomic E-state index is 0.0383. The summed E-state index contributed by atoms with van der Waals surface area (Å²) in [6.45, 7) is 4.00. The highest BCUT2D eigenvalue weighted by atomic mass is 16.1. The molecule has 3 nitrogen and oxygen atoms in total. The van der Waals surface area contributed by atoms with Crippen LogP contribution in [0.5, 0.6) is 0 Å². The highest BCUT2D eigenvalue weighted by molar-refractivity contribution is 5.94. The van der Waals surface area contributed by atoms with E-state index in [-0.39, 0.29) is 5.91 Å². The maximum Gasteiger partial charge on any atom is 0.251 e. The summed E-state index contributed by atoms with van der Waals surface area (Å²) in [7, 11) is 0. The topological polar surface area (TPSA) is 41.1 Å². The van der Waals surface area contributed by atoms with Gasteiger partial charge < -0.3 is 10.6 Å². The van der Waals surface area contributed by atoms with Crippen LogP contribution in [-0.4, -0.2) is 25.0 Å². The summed E-state index contributed by atoms with van der Waals surface area (Å²) in [5.41, 5.74) is 2.02. The van der Waals surface area contributed by atoms with E-state index in [1.807, 2.05) is 24.3 Å². The molecule has 86 valence electrons. The first-order valence-electron chi connectivity index (χ1n) is 5.90. The molecule has 1 saturated heterocycles. The van der Waals surface area contributed by atoms with Gasteiger partial charge in [0.2, 0.25) is 0 Å². The molecule has 1 heterocycles. The first-order chi connectivity index (χ1) is 7.79. The number of amides is 1. The number of carbonyl (C=O) groups excluding carboxylic acids is 1. The number of hydrogen-bond donors (Lipinski definition) is 2. The van der Waals surface area contributed by atoms with Crippen LogP contribution in [0.1, 0.15) is 29.3 Å². The summed E-state index contributed by atoms with van der Waals surface area (Å²) in [4.78, 5) is 11.9. The van der Waals surface area contributed by atoms with Crippen LogP contribution in [0.3, 0.4) is 0 Å². The number of nitrogens with one attached hydrogen (secondary N) is 2. The van der Waals surface area contributed by atoms with Gasteiger partial charge in [0.05, 0.1) is 0 Å². The van der Waals surface area contributed by atoms with Gasteiger partial charge in [-0.2, -0.15) is 0 Å². The lowest BCUT2D eigenvalue weighted by molar-refractivity contribution is 0.0940. The van der Waals surface area contributed by atoms with Crippen LogP contribution in [-0.2, 0) is 6.42 Å². The molecule has 1 aliphatic heterocycles. The molecule has 0 bridgehead atoms. The largest absolute Gasteiger partial charge is 0.348 e. The van der Waals surface area contributed by atoms with E-state index in [9.17, 15) is 4.79 Å². The van der Waals surface area contributed by atoms with Crippen molar-refractivity contribution in [3.8, 4) is 0 Å². The second kappa shape index (κ2) is 5.12.